The van der Waals surface area contributed by atoms with E-state index in [1.807, 2.05) is 54.6 Å². The van der Waals surface area contributed by atoms with Crippen molar-refractivity contribution in [2.75, 3.05) is 0 Å². The molecular formula is C20H19N3O2. The Morgan fingerprint density at radius 1 is 1.00 bits per heavy atom. The molecule has 1 aliphatic rings. The van der Waals surface area contributed by atoms with Crippen LogP contribution in [-0.4, -0.2) is 21.8 Å². The van der Waals surface area contributed by atoms with E-state index < -0.39 is 5.41 Å². The number of benzene rings is 2. The highest BCUT2D eigenvalue weighted by Gasteiger charge is 2.43. The SMILES string of the molecule is O=C1CC[C@@](CCc2nc3ccccc3[nH]2)(c2ccccc2)C(=O)N1. The first-order valence-electron chi connectivity index (χ1n) is 8.51. The van der Waals surface area contributed by atoms with Crippen LogP contribution in [0.4, 0.5) is 0 Å². The maximum atomic E-state index is 12.8. The standard InChI is InChI=1S/C20H19N3O2/c24-18-11-13-20(19(25)23-18,14-6-2-1-3-7-14)12-10-17-21-15-8-4-5-9-16(15)22-17/h1-9H,10-13H2,(H,21,22)(H,23,24,25)/t20-/m0/s1. The summed E-state index contributed by atoms with van der Waals surface area (Å²) < 4.78 is 0. The molecule has 126 valence electrons. The second-order valence-electron chi connectivity index (χ2n) is 6.53. The van der Waals surface area contributed by atoms with Crippen molar-refractivity contribution in [1.82, 2.24) is 15.3 Å². The number of carbonyl (C=O) groups is 2. The monoisotopic (exact) mass is 333 g/mol. The molecule has 0 bridgehead atoms. The first kappa shape index (κ1) is 15.6. The van der Waals surface area contributed by atoms with Crippen LogP contribution in [0.1, 0.15) is 30.7 Å². The highest BCUT2D eigenvalue weighted by Crippen LogP contribution is 2.36. The lowest BCUT2D eigenvalue weighted by Crippen LogP contribution is -2.51. The van der Waals surface area contributed by atoms with E-state index >= 15 is 0 Å². The molecule has 0 aliphatic carbocycles. The third kappa shape index (κ3) is 2.82. The van der Waals surface area contributed by atoms with Crippen LogP contribution in [0.25, 0.3) is 11.0 Å². The van der Waals surface area contributed by atoms with Crippen molar-refractivity contribution in [3.63, 3.8) is 0 Å². The van der Waals surface area contributed by atoms with Gasteiger partial charge in [0.05, 0.1) is 16.4 Å². The fraction of sp³-hybridized carbons (Fsp3) is 0.250. The summed E-state index contributed by atoms with van der Waals surface area (Å²) in [6.07, 6.45) is 2.14. The molecule has 1 aliphatic heterocycles. The number of amides is 2. The zero-order valence-corrected chi connectivity index (χ0v) is 13.8. The smallest absolute Gasteiger partial charge is 0.237 e. The molecule has 0 radical (unpaired) electrons. The molecule has 2 aromatic carbocycles. The van der Waals surface area contributed by atoms with Crippen molar-refractivity contribution in [3.05, 3.63) is 66.0 Å². The molecule has 25 heavy (non-hydrogen) atoms. The largest absolute Gasteiger partial charge is 0.342 e. The van der Waals surface area contributed by atoms with Crippen molar-refractivity contribution < 1.29 is 9.59 Å². The van der Waals surface area contributed by atoms with E-state index in [1.165, 1.54) is 0 Å². The number of H-pyrrole nitrogens is 1. The highest BCUT2D eigenvalue weighted by atomic mass is 16.2. The van der Waals surface area contributed by atoms with E-state index in [2.05, 4.69) is 15.3 Å². The van der Waals surface area contributed by atoms with Gasteiger partial charge in [0.2, 0.25) is 11.8 Å². The van der Waals surface area contributed by atoms with Crippen molar-refractivity contribution >= 4 is 22.8 Å². The maximum absolute atomic E-state index is 12.8. The minimum absolute atomic E-state index is 0.194. The molecule has 5 heteroatoms. The number of para-hydroxylation sites is 2. The van der Waals surface area contributed by atoms with Gasteiger partial charge in [0.15, 0.2) is 0 Å². The van der Waals surface area contributed by atoms with E-state index in [9.17, 15) is 9.59 Å². The number of hydrogen-bond acceptors (Lipinski definition) is 3. The number of fused-ring (bicyclic) bond motifs is 1. The van der Waals surface area contributed by atoms with E-state index in [4.69, 9.17) is 0 Å². The van der Waals surface area contributed by atoms with Crippen LogP contribution in [-0.2, 0) is 21.4 Å². The predicted octanol–water partition coefficient (Wildman–Crippen LogP) is 2.87. The Morgan fingerprint density at radius 3 is 2.52 bits per heavy atom. The minimum atomic E-state index is -0.686. The van der Waals surface area contributed by atoms with Crippen LogP contribution in [0, 0.1) is 0 Å². The molecule has 0 saturated carbocycles. The summed E-state index contributed by atoms with van der Waals surface area (Å²) in [6.45, 7) is 0. The third-order valence-electron chi connectivity index (χ3n) is 5.02. The number of aromatic amines is 1. The summed E-state index contributed by atoms with van der Waals surface area (Å²) in [6, 6.07) is 17.6. The Morgan fingerprint density at radius 2 is 1.76 bits per heavy atom. The van der Waals surface area contributed by atoms with Crippen LogP contribution < -0.4 is 5.32 Å². The average molecular weight is 333 g/mol. The highest BCUT2D eigenvalue weighted by molar-refractivity contribution is 6.03. The molecule has 2 amide bonds. The number of aryl methyl sites for hydroxylation is 1. The van der Waals surface area contributed by atoms with Gasteiger partial charge in [-0.3, -0.25) is 14.9 Å². The molecule has 0 spiro atoms. The number of imidazole rings is 1. The molecule has 4 rings (SSSR count). The Kier molecular flexibility index (Phi) is 3.84. The number of nitrogens with one attached hydrogen (secondary N) is 2. The molecule has 1 saturated heterocycles. The summed E-state index contributed by atoms with van der Waals surface area (Å²) >= 11 is 0. The van der Waals surface area contributed by atoms with E-state index in [-0.39, 0.29) is 11.8 Å². The van der Waals surface area contributed by atoms with Gasteiger partial charge in [0.1, 0.15) is 5.82 Å². The number of rotatable bonds is 4. The molecule has 1 aromatic heterocycles. The Balaban J connectivity index is 1.64. The second kappa shape index (κ2) is 6.16. The van der Waals surface area contributed by atoms with E-state index in [0.29, 0.717) is 25.7 Å². The zero-order chi connectivity index (χ0) is 17.3. The summed E-state index contributed by atoms with van der Waals surface area (Å²) in [5, 5.41) is 2.52. The molecule has 1 fully saturated rings. The summed E-state index contributed by atoms with van der Waals surface area (Å²) in [4.78, 5) is 32.3. The van der Waals surface area contributed by atoms with Gasteiger partial charge >= 0.3 is 0 Å². The molecule has 3 aromatic rings. The number of nitrogens with zero attached hydrogens (tertiary/aromatic N) is 1. The van der Waals surface area contributed by atoms with E-state index in [0.717, 1.165) is 22.4 Å². The first-order chi connectivity index (χ1) is 12.2. The molecular weight excluding hydrogens is 314 g/mol. The van der Waals surface area contributed by atoms with Crippen molar-refractivity contribution in [1.29, 1.82) is 0 Å². The topological polar surface area (TPSA) is 74.8 Å². The van der Waals surface area contributed by atoms with Gasteiger partial charge in [0.25, 0.3) is 0 Å². The third-order valence-corrected chi connectivity index (χ3v) is 5.02. The molecule has 0 unspecified atom stereocenters. The van der Waals surface area contributed by atoms with Gasteiger partial charge in [-0.1, -0.05) is 42.5 Å². The number of aromatic nitrogens is 2. The summed E-state index contributed by atoms with van der Waals surface area (Å²) in [7, 11) is 0. The van der Waals surface area contributed by atoms with Gasteiger partial charge < -0.3 is 4.98 Å². The second-order valence-corrected chi connectivity index (χ2v) is 6.53. The van der Waals surface area contributed by atoms with Crippen LogP contribution in [0.5, 0.6) is 0 Å². The lowest BCUT2D eigenvalue weighted by atomic mass is 9.70. The Labute approximate surface area is 145 Å². The quantitative estimate of drug-likeness (QED) is 0.721. The van der Waals surface area contributed by atoms with Crippen molar-refractivity contribution in [3.8, 4) is 0 Å². The first-order valence-corrected chi connectivity index (χ1v) is 8.51. The number of imide groups is 1. The van der Waals surface area contributed by atoms with Gasteiger partial charge in [-0.2, -0.15) is 0 Å². The Bertz CT molecular complexity index is 899. The fourth-order valence-corrected chi connectivity index (χ4v) is 3.62. The van der Waals surface area contributed by atoms with Crippen molar-refractivity contribution in [2.45, 2.75) is 31.1 Å². The lowest BCUT2D eigenvalue weighted by Gasteiger charge is -2.35. The normalized spacial score (nSPS) is 20.6. The van der Waals surface area contributed by atoms with Gasteiger partial charge in [-0.15, -0.1) is 0 Å². The maximum Gasteiger partial charge on any atom is 0.237 e. The molecule has 2 N–H and O–H groups in total. The van der Waals surface area contributed by atoms with Gasteiger partial charge in [-0.25, -0.2) is 4.98 Å². The van der Waals surface area contributed by atoms with Crippen LogP contribution in [0.3, 0.4) is 0 Å². The lowest BCUT2D eigenvalue weighted by molar-refractivity contribution is -0.138. The summed E-state index contributed by atoms with van der Waals surface area (Å²) in [5.74, 6) is 0.465. The number of carbonyl (C=O) groups excluding carboxylic acids is 2. The van der Waals surface area contributed by atoms with Crippen molar-refractivity contribution in [2.24, 2.45) is 0 Å². The van der Waals surface area contributed by atoms with Gasteiger partial charge in [0, 0.05) is 12.8 Å². The average Bonchev–Trinajstić information content (AvgIpc) is 3.05. The molecule has 5 nitrogen and oxygen atoms in total. The molecule has 2 heterocycles. The number of hydrogen-bond donors (Lipinski definition) is 2. The van der Waals surface area contributed by atoms with Gasteiger partial charge in [-0.05, 0) is 30.5 Å². The Hall–Kier alpha value is -2.95. The zero-order valence-electron chi connectivity index (χ0n) is 13.8. The summed E-state index contributed by atoms with van der Waals surface area (Å²) in [5.41, 5.74) is 2.19. The van der Waals surface area contributed by atoms with Crippen LogP contribution in [0.15, 0.2) is 54.6 Å². The minimum Gasteiger partial charge on any atom is -0.342 e. The predicted molar refractivity (Wildman–Crippen MR) is 94.9 cm³/mol. The number of piperidine rings is 1. The molecule has 1 atom stereocenters. The van der Waals surface area contributed by atoms with Crippen LogP contribution >= 0.6 is 0 Å². The van der Waals surface area contributed by atoms with Crippen LogP contribution in [0.2, 0.25) is 0 Å². The fourth-order valence-electron chi connectivity index (χ4n) is 3.62. The van der Waals surface area contributed by atoms with E-state index in [1.54, 1.807) is 0 Å².